The normalized spacial score (nSPS) is 38.1. The second-order valence-electron chi connectivity index (χ2n) is 5.76. The van der Waals surface area contributed by atoms with Gasteiger partial charge in [0.25, 0.3) is 0 Å². The van der Waals surface area contributed by atoms with Gasteiger partial charge in [-0.25, -0.2) is 0 Å². The van der Waals surface area contributed by atoms with Crippen LogP contribution in [0.25, 0.3) is 0 Å². The maximum atomic E-state index is 7.74. The molecule has 1 N–H and O–H groups in total. The van der Waals surface area contributed by atoms with E-state index < -0.39 is 0 Å². The zero-order valence-corrected chi connectivity index (χ0v) is 9.52. The van der Waals surface area contributed by atoms with Crippen LogP contribution in [0.5, 0.6) is 0 Å². The summed E-state index contributed by atoms with van der Waals surface area (Å²) in [6.07, 6.45) is 12.3. The molecular formula is C13H24N. The molecule has 2 rings (SSSR count). The lowest BCUT2D eigenvalue weighted by atomic mass is 9.62. The minimum Gasteiger partial charge on any atom is -0.255 e. The average molecular weight is 194 g/mol. The van der Waals surface area contributed by atoms with Crippen molar-refractivity contribution in [2.24, 2.45) is 11.3 Å². The predicted octanol–water partition coefficient (Wildman–Crippen LogP) is 3.80. The van der Waals surface area contributed by atoms with Crippen LogP contribution < -0.4 is 5.73 Å². The highest BCUT2D eigenvalue weighted by Crippen LogP contribution is 2.47. The Balaban J connectivity index is 1.92. The molecule has 0 atom stereocenters. The molecule has 0 aliphatic heterocycles. The lowest BCUT2D eigenvalue weighted by molar-refractivity contribution is 0.0825. The Bertz CT molecular complexity index is 174. The molecule has 0 aromatic carbocycles. The van der Waals surface area contributed by atoms with Crippen molar-refractivity contribution in [3.05, 3.63) is 0 Å². The SMILES string of the molecule is CC1(C2CCC([NH])CC2)CCCCC1. The predicted molar refractivity (Wildman–Crippen MR) is 60.0 cm³/mol. The van der Waals surface area contributed by atoms with Crippen LogP contribution in [0.2, 0.25) is 0 Å². The van der Waals surface area contributed by atoms with E-state index in [1.165, 1.54) is 57.8 Å². The Kier molecular flexibility index (Phi) is 3.16. The Morgan fingerprint density at radius 3 is 2.07 bits per heavy atom. The van der Waals surface area contributed by atoms with E-state index in [0.717, 1.165) is 5.92 Å². The van der Waals surface area contributed by atoms with E-state index in [2.05, 4.69) is 6.92 Å². The first-order chi connectivity index (χ1) is 6.71. The van der Waals surface area contributed by atoms with Gasteiger partial charge in [0.2, 0.25) is 0 Å². The van der Waals surface area contributed by atoms with Crippen LogP contribution in [0.15, 0.2) is 0 Å². The smallest absolute Gasteiger partial charge is 0.0213 e. The van der Waals surface area contributed by atoms with E-state index in [0.29, 0.717) is 5.41 Å². The summed E-state index contributed by atoms with van der Waals surface area (Å²) in [5.41, 5.74) is 8.39. The zero-order valence-electron chi connectivity index (χ0n) is 9.52. The van der Waals surface area contributed by atoms with Crippen molar-refractivity contribution < 1.29 is 0 Å². The molecule has 14 heavy (non-hydrogen) atoms. The fourth-order valence-corrected chi connectivity index (χ4v) is 3.56. The Morgan fingerprint density at radius 1 is 0.929 bits per heavy atom. The third-order valence-electron chi connectivity index (χ3n) is 4.71. The second kappa shape index (κ2) is 4.22. The van der Waals surface area contributed by atoms with Crippen molar-refractivity contribution in [2.75, 3.05) is 0 Å². The van der Waals surface area contributed by atoms with Gasteiger partial charge in [0.05, 0.1) is 0 Å². The molecule has 0 amide bonds. The molecule has 81 valence electrons. The van der Waals surface area contributed by atoms with E-state index >= 15 is 0 Å². The fourth-order valence-electron chi connectivity index (χ4n) is 3.56. The summed E-state index contributed by atoms with van der Waals surface area (Å²) in [6, 6.07) is 0.262. The van der Waals surface area contributed by atoms with Gasteiger partial charge in [-0.1, -0.05) is 26.2 Å². The lowest BCUT2D eigenvalue weighted by Crippen LogP contribution is -2.34. The number of hydrogen-bond donors (Lipinski definition) is 0. The first-order valence-electron chi connectivity index (χ1n) is 6.42. The Morgan fingerprint density at radius 2 is 1.50 bits per heavy atom. The van der Waals surface area contributed by atoms with Crippen molar-refractivity contribution in [2.45, 2.75) is 70.8 Å². The molecule has 0 unspecified atom stereocenters. The molecule has 2 saturated carbocycles. The molecule has 1 heteroatoms. The number of hydrogen-bond acceptors (Lipinski definition) is 0. The van der Waals surface area contributed by atoms with Crippen LogP contribution in [0, 0.1) is 11.3 Å². The van der Waals surface area contributed by atoms with Crippen LogP contribution in [-0.2, 0) is 0 Å². The molecule has 1 nitrogen and oxygen atoms in total. The van der Waals surface area contributed by atoms with Crippen molar-refractivity contribution in [1.82, 2.24) is 5.73 Å². The molecule has 0 heterocycles. The number of rotatable bonds is 1. The molecule has 2 aliphatic rings. The monoisotopic (exact) mass is 194 g/mol. The quantitative estimate of drug-likeness (QED) is 0.606. The minimum absolute atomic E-state index is 0.262. The summed E-state index contributed by atoms with van der Waals surface area (Å²) >= 11 is 0. The highest BCUT2D eigenvalue weighted by atomic mass is 14.6. The first-order valence-corrected chi connectivity index (χ1v) is 6.42. The highest BCUT2D eigenvalue weighted by Gasteiger charge is 2.36. The van der Waals surface area contributed by atoms with E-state index in [9.17, 15) is 0 Å². The third kappa shape index (κ3) is 2.13. The van der Waals surface area contributed by atoms with Crippen LogP contribution in [0.3, 0.4) is 0 Å². The Labute approximate surface area is 88.4 Å². The van der Waals surface area contributed by atoms with Gasteiger partial charge in [-0.2, -0.15) is 0 Å². The summed E-state index contributed by atoms with van der Waals surface area (Å²) < 4.78 is 0. The summed E-state index contributed by atoms with van der Waals surface area (Å²) in [5.74, 6) is 0.949. The van der Waals surface area contributed by atoms with Gasteiger partial charge < -0.3 is 0 Å². The van der Waals surface area contributed by atoms with Gasteiger partial charge in [0.1, 0.15) is 0 Å². The maximum absolute atomic E-state index is 7.74. The van der Waals surface area contributed by atoms with Gasteiger partial charge >= 0.3 is 0 Å². The molecule has 2 aliphatic carbocycles. The van der Waals surface area contributed by atoms with Gasteiger partial charge in [-0.3, -0.25) is 5.73 Å². The van der Waals surface area contributed by atoms with Crippen molar-refractivity contribution in [3.8, 4) is 0 Å². The zero-order chi connectivity index (χ0) is 10.0. The summed E-state index contributed by atoms with van der Waals surface area (Å²) in [6.45, 7) is 2.51. The van der Waals surface area contributed by atoms with E-state index in [-0.39, 0.29) is 6.04 Å². The summed E-state index contributed by atoms with van der Waals surface area (Å²) in [4.78, 5) is 0. The van der Waals surface area contributed by atoms with Crippen LogP contribution in [-0.4, -0.2) is 6.04 Å². The maximum Gasteiger partial charge on any atom is 0.0213 e. The average Bonchev–Trinajstić information content (AvgIpc) is 2.19. The molecule has 0 aromatic heterocycles. The number of nitrogens with one attached hydrogen (secondary N) is 1. The first kappa shape index (κ1) is 10.5. The lowest BCUT2D eigenvalue weighted by Gasteiger charge is -2.43. The van der Waals surface area contributed by atoms with E-state index in [1.807, 2.05) is 0 Å². The van der Waals surface area contributed by atoms with Gasteiger partial charge in [0, 0.05) is 6.04 Å². The minimum atomic E-state index is 0.262. The van der Waals surface area contributed by atoms with Gasteiger partial charge in [-0.05, 0) is 49.9 Å². The topological polar surface area (TPSA) is 23.8 Å². The molecule has 0 bridgehead atoms. The van der Waals surface area contributed by atoms with Crippen molar-refractivity contribution in [3.63, 3.8) is 0 Å². The van der Waals surface area contributed by atoms with Crippen LogP contribution in [0.1, 0.15) is 64.7 Å². The van der Waals surface area contributed by atoms with Crippen LogP contribution >= 0.6 is 0 Å². The molecule has 0 spiro atoms. The molecular weight excluding hydrogens is 170 g/mol. The third-order valence-corrected chi connectivity index (χ3v) is 4.71. The largest absolute Gasteiger partial charge is 0.255 e. The summed E-state index contributed by atoms with van der Waals surface area (Å²) in [7, 11) is 0. The molecule has 1 radical (unpaired) electrons. The Hall–Kier alpha value is -0.0400. The molecule has 0 saturated heterocycles. The van der Waals surface area contributed by atoms with Gasteiger partial charge in [0.15, 0.2) is 0 Å². The van der Waals surface area contributed by atoms with E-state index in [1.54, 1.807) is 0 Å². The van der Waals surface area contributed by atoms with Crippen molar-refractivity contribution in [1.29, 1.82) is 0 Å². The van der Waals surface area contributed by atoms with Gasteiger partial charge in [-0.15, -0.1) is 0 Å². The van der Waals surface area contributed by atoms with E-state index in [4.69, 9.17) is 5.73 Å². The highest BCUT2D eigenvalue weighted by molar-refractivity contribution is 4.88. The fraction of sp³-hybridized carbons (Fsp3) is 1.00. The second-order valence-corrected chi connectivity index (χ2v) is 5.76. The molecule has 0 aromatic rings. The van der Waals surface area contributed by atoms with Crippen molar-refractivity contribution >= 4 is 0 Å². The standard InChI is InChI=1S/C13H24N/c1-13(9-3-2-4-10-13)11-5-7-12(14)8-6-11/h11-12,14H,2-10H2,1H3. The summed E-state index contributed by atoms with van der Waals surface area (Å²) in [5, 5.41) is 0. The van der Waals surface area contributed by atoms with Crippen LogP contribution in [0.4, 0.5) is 0 Å². The molecule has 2 fully saturated rings.